The van der Waals surface area contributed by atoms with Crippen molar-refractivity contribution in [1.29, 1.82) is 0 Å². The van der Waals surface area contributed by atoms with Crippen LogP contribution in [0.25, 0.3) is 0 Å². The van der Waals surface area contributed by atoms with E-state index in [1.54, 1.807) is 11.3 Å². The van der Waals surface area contributed by atoms with Crippen LogP contribution in [0.5, 0.6) is 0 Å². The minimum Gasteiger partial charge on any atom is -0.307 e. The van der Waals surface area contributed by atoms with Gasteiger partial charge in [0.25, 0.3) is 0 Å². The molecule has 1 N–H and O–H groups in total. The monoisotopic (exact) mass is 224 g/mol. The molecule has 84 valence electrons. The first kappa shape index (κ1) is 11.1. The summed E-state index contributed by atoms with van der Waals surface area (Å²) in [6.45, 7) is 5.70. The molecule has 0 aromatic carbocycles. The van der Waals surface area contributed by atoms with E-state index in [-0.39, 0.29) is 0 Å². The van der Waals surface area contributed by atoms with Gasteiger partial charge in [0.15, 0.2) is 0 Å². The van der Waals surface area contributed by atoms with Gasteiger partial charge in [-0.15, -0.1) is 11.3 Å². The van der Waals surface area contributed by atoms with Gasteiger partial charge in [0.1, 0.15) is 5.01 Å². The highest BCUT2D eigenvalue weighted by Gasteiger charge is 2.26. The summed E-state index contributed by atoms with van der Waals surface area (Å²) in [5.74, 6) is 1.67. The van der Waals surface area contributed by atoms with E-state index in [2.05, 4.69) is 24.1 Å². The lowest BCUT2D eigenvalue weighted by Crippen LogP contribution is -2.40. The summed E-state index contributed by atoms with van der Waals surface area (Å²) in [6.07, 6.45) is 5.99. The number of aromatic nitrogens is 1. The fourth-order valence-corrected chi connectivity index (χ4v) is 3.00. The Morgan fingerprint density at radius 1 is 1.47 bits per heavy atom. The van der Waals surface area contributed by atoms with Crippen LogP contribution in [0, 0.1) is 11.8 Å². The largest absolute Gasteiger partial charge is 0.307 e. The van der Waals surface area contributed by atoms with Gasteiger partial charge in [-0.3, -0.25) is 0 Å². The average Bonchev–Trinajstić information content (AvgIpc) is 2.73. The first-order valence-corrected chi connectivity index (χ1v) is 6.77. The van der Waals surface area contributed by atoms with Gasteiger partial charge in [-0.05, 0) is 18.3 Å². The number of thiazole rings is 1. The van der Waals surface area contributed by atoms with Crippen molar-refractivity contribution in [2.45, 2.75) is 45.7 Å². The Morgan fingerprint density at radius 3 is 3.07 bits per heavy atom. The highest BCUT2D eigenvalue weighted by molar-refractivity contribution is 7.09. The molecule has 1 aromatic rings. The first-order chi connectivity index (χ1) is 7.27. The van der Waals surface area contributed by atoms with E-state index < -0.39 is 0 Å². The zero-order valence-corrected chi connectivity index (χ0v) is 10.4. The van der Waals surface area contributed by atoms with Crippen LogP contribution in [0.3, 0.4) is 0 Å². The van der Waals surface area contributed by atoms with Crippen molar-refractivity contribution < 1.29 is 0 Å². The third-order valence-electron chi connectivity index (χ3n) is 3.71. The summed E-state index contributed by atoms with van der Waals surface area (Å²) in [4.78, 5) is 4.30. The number of hydrogen-bond donors (Lipinski definition) is 1. The van der Waals surface area contributed by atoms with Crippen LogP contribution in [0.1, 0.15) is 38.1 Å². The zero-order valence-electron chi connectivity index (χ0n) is 9.57. The molecular formula is C12H20N2S. The molecule has 0 saturated heterocycles. The minimum atomic E-state index is 0.692. The summed E-state index contributed by atoms with van der Waals surface area (Å²) in [5, 5.41) is 6.91. The van der Waals surface area contributed by atoms with E-state index in [1.807, 2.05) is 11.6 Å². The maximum Gasteiger partial charge on any atom is 0.106 e. The average molecular weight is 224 g/mol. The molecule has 1 fully saturated rings. The summed E-state index contributed by atoms with van der Waals surface area (Å²) < 4.78 is 0. The van der Waals surface area contributed by atoms with E-state index in [9.17, 15) is 0 Å². The van der Waals surface area contributed by atoms with Gasteiger partial charge < -0.3 is 5.32 Å². The standard InChI is InChI=1S/C12H20N2S/c1-9-4-3-5-11(10(9)2)14-8-12-13-6-7-15-12/h6-7,9-11,14H,3-5,8H2,1-2H3. The number of rotatable bonds is 3. The lowest BCUT2D eigenvalue weighted by Gasteiger charge is -2.34. The van der Waals surface area contributed by atoms with Crippen LogP contribution >= 0.6 is 11.3 Å². The molecule has 15 heavy (non-hydrogen) atoms. The maximum atomic E-state index is 4.30. The van der Waals surface area contributed by atoms with Crippen molar-refractivity contribution in [1.82, 2.24) is 10.3 Å². The van der Waals surface area contributed by atoms with Crippen molar-refractivity contribution in [3.63, 3.8) is 0 Å². The van der Waals surface area contributed by atoms with E-state index >= 15 is 0 Å². The Kier molecular flexibility index (Phi) is 3.76. The molecule has 1 saturated carbocycles. The summed E-state index contributed by atoms with van der Waals surface area (Å²) in [6, 6.07) is 0.692. The number of nitrogens with zero attached hydrogens (tertiary/aromatic N) is 1. The van der Waals surface area contributed by atoms with Gasteiger partial charge in [-0.1, -0.05) is 26.7 Å². The SMILES string of the molecule is CC1CCCC(NCc2nccs2)C1C. The molecule has 3 atom stereocenters. The van der Waals surface area contributed by atoms with Crippen molar-refractivity contribution in [2.75, 3.05) is 0 Å². The highest BCUT2D eigenvalue weighted by atomic mass is 32.1. The van der Waals surface area contributed by atoms with Gasteiger partial charge in [0, 0.05) is 24.2 Å². The van der Waals surface area contributed by atoms with Gasteiger partial charge in [0.2, 0.25) is 0 Å². The molecule has 1 heterocycles. The van der Waals surface area contributed by atoms with Crippen LogP contribution in [0.4, 0.5) is 0 Å². The summed E-state index contributed by atoms with van der Waals surface area (Å²) >= 11 is 1.74. The van der Waals surface area contributed by atoms with Gasteiger partial charge in [-0.25, -0.2) is 4.98 Å². The molecule has 0 amide bonds. The van der Waals surface area contributed by atoms with Crippen LogP contribution in [0.15, 0.2) is 11.6 Å². The molecule has 0 radical (unpaired) electrons. The Labute approximate surface area is 96.1 Å². The number of hydrogen-bond acceptors (Lipinski definition) is 3. The van der Waals surface area contributed by atoms with Gasteiger partial charge in [0.05, 0.1) is 0 Å². The van der Waals surface area contributed by atoms with Crippen LogP contribution in [0.2, 0.25) is 0 Å². The molecule has 1 aliphatic carbocycles. The lowest BCUT2D eigenvalue weighted by atomic mass is 9.78. The van der Waals surface area contributed by atoms with Crippen molar-refractivity contribution in [2.24, 2.45) is 11.8 Å². The first-order valence-electron chi connectivity index (χ1n) is 5.89. The Hall–Kier alpha value is -0.410. The van der Waals surface area contributed by atoms with Crippen molar-refractivity contribution in [3.8, 4) is 0 Å². The molecule has 3 unspecified atom stereocenters. The van der Waals surface area contributed by atoms with Crippen LogP contribution in [-0.4, -0.2) is 11.0 Å². The third-order valence-corrected chi connectivity index (χ3v) is 4.49. The van der Waals surface area contributed by atoms with Crippen LogP contribution < -0.4 is 5.32 Å². The van der Waals surface area contributed by atoms with Crippen molar-refractivity contribution >= 4 is 11.3 Å². The Morgan fingerprint density at radius 2 is 2.33 bits per heavy atom. The Bertz CT molecular complexity index is 284. The molecule has 3 heteroatoms. The smallest absolute Gasteiger partial charge is 0.106 e. The van der Waals surface area contributed by atoms with Gasteiger partial charge >= 0.3 is 0 Å². The normalized spacial score (nSPS) is 31.7. The third kappa shape index (κ3) is 2.79. The second-order valence-electron chi connectivity index (χ2n) is 4.68. The maximum absolute atomic E-state index is 4.30. The molecule has 0 aliphatic heterocycles. The van der Waals surface area contributed by atoms with Gasteiger partial charge in [-0.2, -0.15) is 0 Å². The topological polar surface area (TPSA) is 24.9 Å². The van der Waals surface area contributed by atoms with E-state index in [0.29, 0.717) is 6.04 Å². The molecule has 0 bridgehead atoms. The fourth-order valence-electron chi connectivity index (χ4n) is 2.43. The fraction of sp³-hybridized carbons (Fsp3) is 0.750. The lowest BCUT2D eigenvalue weighted by molar-refractivity contribution is 0.206. The molecule has 1 aliphatic rings. The Balaban J connectivity index is 1.83. The summed E-state index contributed by atoms with van der Waals surface area (Å²) in [5.41, 5.74) is 0. The predicted octanol–water partition coefficient (Wildman–Crippen LogP) is 3.06. The molecule has 1 aromatic heterocycles. The predicted molar refractivity (Wildman–Crippen MR) is 64.9 cm³/mol. The second kappa shape index (κ2) is 5.08. The number of nitrogens with one attached hydrogen (secondary N) is 1. The molecule has 0 spiro atoms. The summed E-state index contributed by atoms with van der Waals surface area (Å²) in [7, 11) is 0. The van der Waals surface area contributed by atoms with E-state index in [0.717, 1.165) is 18.4 Å². The van der Waals surface area contributed by atoms with Crippen LogP contribution in [-0.2, 0) is 6.54 Å². The zero-order chi connectivity index (χ0) is 10.7. The van der Waals surface area contributed by atoms with Crippen molar-refractivity contribution in [3.05, 3.63) is 16.6 Å². The van der Waals surface area contributed by atoms with E-state index in [1.165, 1.54) is 24.3 Å². The quantitative estimate of drug-likeness (QED) is 0.853. The second-order valence-corrected chi connectivity index (χ2v) is 5.66. The molecular weight excluding hydrogens is 204 g/mol. The van der Waals surface area contributed by atoms with E-state index in [4.69, 9.17) is 0 Å². The minimum absolute atomic E-state index is 0.692. The highest BCUT2D eigenvalue weighted by Crippen LogP contribution is 2.29. The molecule has 2 rings (SSSR count). The molecule has 2 nitrogen and oxygen atoms in total.